The molecule has 0 fully saturated rings. The highest BCUT2D eigenvalue weighted by Gasteiger charge is 2.17. The van der Waals surface area contributed by atoms with Gasteiger partial charge in [-0.1, -0.05) is 0 Å². The summed E-state index contributed by atoms with van der Waals surface area (Å²) < 4.78 is 12.7. The van der Waals surface area contributed by atoms with E-state index in [2.05, 4.69) is 11.1 Å². The second-order valence-electron chi connectivity index (χ2n) is 5.04. The summed E-state index contributed by atoms with van der Waals surface area (Å²) >= 11 is 0. The Hall–Kier alpha value is -2.69. The molecule has 5 heteroatoms. The van der Waals surface area contributed by atoms with Gasteiger partial charge in [-0.05, 0) is 35.9 Å². The van der Waals surface area contributed by atoms with E-state index < -0.39 is 0 Å². The molecule has 2 aromatic heterocycles. The van der Waals surface area contributed by atoms with Gasteiger partial charge in [0.2, 0.25) is 0 Å². The summed E-state index contributed by atoms with van der Waals surface area (Å²) in [6, 6.07) is 9.85. The smallest absolute Gasteiger partial charge is 0.181 e. The summed E-state index contributed by atoms with van der Waals surface area (Å²) in [5.74, 6) is 2.28. The molecule has 5 nitrogen and oxygen atoms in total. The SMILES string of the molecule is COc1cccn2c(N)c(-c3ccc4c(c3)CCO4)nc12. The van der Waals surface area contributed by atoms with E-state index in [9.17, 15) is 0 Å². The van der Waals surface area contributed by atoms with Crippen LogP contribution in [0.5, 0.6) is 11.5 Å². The van der Waals surface area contributed by atoms with Crippen LogP contribution in [0.1, 0.15) is 5.56 Å². The van der Waals surface area contributed by atoms with Gasteiger partial charge in [-0.3, -0.25) is 4.40 Å². The van der Waals surface area contributed by atoms with Crippen molar-refractivity contribution in [1.29, 1.82) is 0 Å². The van der Waals surface area contributed by atoms with Crippen molar-refractivity contribution in [1.82, 2.24) is 9.38 Å². The van der Waals surface area contributed by atoms with Crippen LogP contribution in [-0.4, -0.2) is 23.1 Å². The van der Waals surface area contributed by atoms with Crippen LogP contribution in [0.15, 0.2) is 36.5 Å². The van der Waals surface area contributed by atoms with Crippen molar-refractivity contribution >= 4 is 11.5 Å². The minimum absolute atomic E-state index is 0.614. The predicted molar refractivity (Wildman–Crippen MR) is 80.8 cm³/mol. The molecule has 3 heterocycles. The van der Waals surface area contributed by atoms with Gasteiger partial charge < -0.3 is 15.2 Å². The monoisotopic (exact) mass is 281 g/mol. The molecule has 0 saturated carbocycles. The molecule has 2 N–H and O–H groups in total. The van der Waals surface area contributed by atoms with Crippen LogP contribution in [0.3, 0.4) is 0 Å². The van der Waals surface area contributed by atoms with Gasteiger partial charge in [0, 0.05) is 18.2 Å². The first-order chi connectivity index (χ1) is 10.3. The van der Waals surface area contributed by atoms with Crippen molar-refractivity contribution in [3.05, 3.63) is 42.1 Å². The van der Waals surface area contributed by atoms with Gasteiger partial charge in [0.05, 0.1) is 13.7 Å². The minimum Gasteiger partial charge on any atom is -0.493 e. The molecular weight excluding hydrogens is 266 g/mol. The number of methoxy groups -OCH3 is 1. The summed E-state index contributed by atoms with van der Waals surface area (Å²) in [4.78, 5) is 4.65. The highest BCUT2D eigenvalue weighted by Crippen LogP contribution is 2.34. The summed E-state index contributed by atoms with van der Waals surface area (Å²) in [5, 5.41) is 0. The first-order valence-electron chi connectivity index (χ1n) is 6.84. The number of aromatic nitrogens is 2. The second-order valence-corrected chi connectivity index (χ2v) is 5.04. The highest BCUT2D eigenvalue weighted by molar-refractivity contribution is 5.77. The van der Waals surface area contributed by atoms with Crippen LogP contribution >= 0.6 is 0 Å². The Kier molecular flexibility index (Phi) is 2.54. The van der Waals surface area contributed by atoms with E-state index in [1.165, 1.54) is 5.56 Å². The minimum atomic E-state index is 0.614. The largest absolute Gasteiger partial charge is 0.493 e. The van der Waals surface area contributed by atoms with Crippen molar-refractivity contribution in [3.63, 3.8) is 0 Å². The van der Waals surface area contributed by atoms with Crippen LogP contribution in [0.25, 0.3) is 16.9 Å². The molecule has 3 aromatic rings. The van der Waals surface area contributed by atoms with Crippen molar-refractivity contribution in [2.24, 2.45) is 0 Å². The maximum Gasteiger partial charge on any atom is 0.181 e. The van der Waals surface area contributed by atoms with Crippen LogP contribution in [0, 0.1) is 0 Å². The lowest BCUT2D eigenvalue weighted by Gasteiger charge is -2.03. The maximum atomic E-state index is 6.25. The molecule has 1 aliphatic rings. The quantitative estimate of drug-likeness (QED) is 0.784. The third kappa shape index (κ3) is 1.74. The molecule has 21 heavy (non-hydrogen) atoms. The van der Waals surface area contributed by atoms with Gasteiger partial charge in [0.1, 0.15) is 17.3 Å². The lowest BCUT2D eigenvalue weighted by molar-refractivity contribution is 0.357. The zero-order valence-electron chi connectivity index (χ0n) is 11.7. The summed E-state index contributed by atoms with van der Waals surface area (Å²) in [6.45, 7) is 0.743. The number of rotatable bonds is 2. The average Bonchev–Trinajstić information content (AvgIpc) is 3.11. The number of fused-ring (bicyclic) bond motifs is 2. The standard InChI is InChI=1S/C16H15N3O2/c1-20-13-3-2-7-19-15(17)14(18-16(13)19)11-4-5-12-10(9-11)6-8-21-12/h2-5,7,9H,6,8,17H2,1H3. The first kappa shape index (κ1) is 12.1. The lowest BCUT2D eigenvalue weighted by atomic mass is 10.1. The van der Waals surface area contributed by atoms with Crippen LogP contribution in [0.2, 0.25) is 0 Å². The average molecular weight is 281 g/mol. The number of imidazole rings is 1. The zero-order chi connectivity index (χ0) is 14.4. The number of nitrogens with zero attached hydrogens (tertiary/aromatic N) is 2. The molecule has 106 valence electrons. The topological polar surface area (TPSA) is 61.8 Å². The fourth-order valence-corrected chi connectivity index (χ4v) is 2.77. The van der Waals surface area contributed by atoms with E-state index in [-0.39, 0.29) is 0 Å². The van der Waals surface area contributed by atoms with E-state index >= 15 is 0 Å². The lowest BCUT2D eigenvalue weighted by Crippen LogP contribution is -1.95. The molecule has 0 atom stereocenters. The van der Waals surface area contributed by atoms with Crippen LogP contribution in [0.4, 0.5) is 5.82 Å². The molecule has 0 saturated heterocycles. The molecule has 0 spiro atoms. The number of nitrogens with two attached hydrogens (primary N) is 1. The number of ether oxygens (including phenoxy) is 2. The molecule has 0 unspecified atom stereocenters. The van der Waals surface area contributed by atoms with E-state index in [1.807, 2.05) is 34.9 Å². The van der Waals surface area contributed by atoms with Gasteiger partial charge in [-0.15, -0.1) is 0 Å². The van der Waals surface area contributed by atoms with E-state index in [0.717, 1.165) is 35.7 Å². The fourth-order valence-electron chi connectivity index (χ4n) is 2.77. The van der Waals surface area contributed by atoms with Gasteiger partial charge in [-0.25, -0.2) is 4.98 Å². The maximum absolute atomic E-state index is 6.25. The van der Waals surface area contributed by atoms with Gasteiger partial charge in [0.15, 0.2) is 11.4 Å². The molecule has 4 rings (SSSR count). The Morgan fingerprint density at radius 3 is 3.10 bits per heavy atom. The summed E-state index contributed by atoms with van der Waals surface area (Å²) in [7, 11) is 1.63. The van der Waals surface area contributed by atoms with E-state index in [4.69, 9.17) is 15.2 Å². The number of benzene rings is 1. The molecule has 1 aromatic carbocycles. The predicted octanol–water partition coefficient (Wildman–Crippen LogP) is 2.53. The Balaban J connectivity index is 1.92. The Bertz CT molecular complexity index is 839. The van der Waals surface area contributed by atoms with Crippen molar-refractivity contribution < 1.29 is 9.47 Å². The molecule has 0 bridgehead atoms. The fraction of sp³-hybridized carbons (Fsp3) is 0.188. The second kappa shape index (κ2) is 4.41. The van der Waals surface area contributed by atoms with E-state index in [0.29, 0.717) is 11.6 Å². The van der Waals surface area contributed by atoms with E-state index in [1.54, 1.807) is 7.11 Å². The summed E-state index contributed by atoms with van der Waals surface area (Å²) in [5.41, 5.74) is 9.96. The van der Waals surface area contributed by atoms with Crippen molar-refractivity contribution in [2.75, 3.05) is 19.5 Å². The molecular formula is C16H15N3O2. The third-order valence-electron chi connectivity index (χ3n) is 3.83. The van der Waals surface area contributed by atoms with Gasteiger partial charge >= 0.3 is 0 Å². The highest BCUT2D eigenvalue weighted by atomic mass is 16.5. The van der Waals surface area contributed by atoms with Crippen molar-refractivity contribution in [3.8, 4) is 22.8 Å². The van der Waals surface area contributed by atoms with Gasteiger partial charge in [0.25, 0.3) is 0 Å². The van der Waals surface area contributed by atoms with Crippen LogP contribution in [-0.2, 0) is 6.42 Å². The number of nitrogen functional groups attached to an aromatic ring is 1. The number of pyridine rings is 1. The molecule has 0 radical (unpaired) electrons. The number of hydrogen-bond acceptors (Lipinski definition) is 4. The molecule has 0 aliphatic carbocycles. The molecule has 1 aliphatic heterocycles. The van der Waals surface area contributed by atoms with Crippen molar-refractivity contribution in [2.45, 2.75) is 6.42 Å². The Labute approximate surface area is 121 Å². The van der Waals surface area contributed by atoms with Gasteiger partial charge in [-0.2, -0.15) is 0 Å². The molecule has 0 amide bonds. The first-order valence-corrected chi connectivity index (χ1v) is 6.84. The Morgan fingerprint density at radius 1 is 1.33 bits per heavy atom. The Morgan fingerprint density at radius 2 is 2.24 bits per heavy atom. The third-order valence-corrected chi connectivity index (χ3v) is 3.83. The zero-order valence-corrected chi connectivity index (χ0v) is 11.7. The number of anilines is 1. The van der Waals surface area contributed by atoms with Crippen LogP contribution < -0.4 is 15.2 Å². The summed E-state index contributed by atoms with van der Waals surface area (Å²) in [6.07, 6.45) is 2.82. The normalized spacial score (nSPS) is 13.2. The number of hydrogen-bond donors (Lipinski definition) is 1.